The van der Waals surface area contributed by atoms with Crippen LogP contribution in [0, 0.1) is 0 Å². The lowest BCUT2D eigenvalue weighted by Gasteiger charge is -2.24. The van der Waals surface area contributed by atoms with Crippen LogP contribution in [-0.2, 0) is 0 Å². The summed E-state index contributed by atoms with van der Waals surface area (Å²) in [5, 5.41) is 0. The Hall–Kier alpha value is -1.03. The summed E-state index contributed by atoms with van der Waals surface area (Å²) in [6.07, 6.45) is 0.666. The highest BCUT2D eigenvalue weighted by Gasteiger charge is 2.30. The second-order valence-electron chi connectivity index (χ2n) is 4.33. The SMILES string of the molecule is O=C(c1cc(Cl)sc1Cl)C1CCOc2ccccc21. The minimum atomic E-state index is -0.201. The van der Waals surface area contributed by atoms with E-state index in [-0.39, 0.29) is 11.7 Å². The molecule has 0 fully saturated rings. The molecule has 3 rings (SSSR count). The lowest BCUT2D eigenvalue weighted by Crippen LogP contribution is -2.21. The molecule has 1 atom stereocenters. The fourth-order valence-corrected chi connectivity index (χ4v) is 3.78. The highest BCUT2D eigenvalue weighted by molar-refractivity contribution is 7.20. The summed E-state index contributed by atoms with van der Waals surface area (Å²) in [5.41, 5.74) is 1.44. The Balaban J connectivity index is 2.00. The molecule has 0 amide bonds. The monoisotopic (exact) mass is 312 g/mol. The van der Waals surface area contributed by atoms with E-state index in [9.17, 15) is 4.79 Å². The summed E-state index contributed by atoms with van der Waals surface area (Å²) in [4.78, 5) is 12.6. The molecule has 2 aromatic rings. The van der Waals surface area contributed by atoms with E-state index < -0.39 is 0 Å². The number of hydrogen-bond donors (Lipinski definition) is 0. The van der Waals surface area contributed by atoms with Crippen LogP contribution in [-0.4, -0.2) is 12.4 Å². The minimum absolute atomic E-state index is 0.0175. The van der Waals surface area contributed by atoms with Crippen LogP contribution in [0.15, 0.2) is 30.3 Å². The number of hydrogen-bond acceptors (Lipinski definition) is 3. The number of ketones is 1. The van der Waals surface area contributed by atoms with Gasteiger partial charge in [-0.05, 0) is 18.6 Å². The van der Waals surface area contributed by atoms with Gasteiger partial charge in [-0.15, -0.1) is 11.3 Å². The molecule has 0 aliphatic carbocycles. The highest BCUT2D eigenvalue weighted by Crippen LogP contribution is 2.39. The molecule has 98 valence electrons. The standard InChI is InChI=1S/C14H10Cl2O2S/c15-12-7-10(14(16)19-12)13(17)9-5-6-18-11-4-2-1-3-8(9)11/h1-4,7,9H,5-6H2. The number of fused-ring (bicyclic) bond motifs is 1. The van der Waals surface area contributed by atoms with Crippen molar-refractivity contribution in [1.29, 1.82) is 0 Å². The number of carbonyl (C=O) groups excluding carboxylic acids is 1. The van der Waals surface area contributed by atoms with E-state index in [0.29, 0.717) is 27.3 Å². The molecule has 1 unspecified atom stereocenters. The molecule has 1 aromatic carbocycles. The van der Waals surface area contributed by atoms with Gasteiger partial charge in [0.25, 0.3) is 0 Å². The molecule has 0 bridgehead atoms. The molecule has 0 radical (unpaired) electrons. The van der Waals surface area contributed by atoms with Crippen LogP contribution in [0.25, 0.3) is 0 Å². The number of halogens is 2. The Morgan fingerprint density at radius 2 is 2.11 bits per heavy atom. The average Bonchev–Trinajstić information content (AvgIpc) is 2.76. The molecule has 0 N–H and O–H groups in total. The van der Waals surface area contributed by atoms with Crippen molar-refractivity contribution >= 4 is 40.3 Å². The van der Waals surface area contributed by atoms with E-state index in [1.165, 1.54) is 11.3 Å². The molecule has 2 heterocycles. The van der Waals surface area contributed by atoms with Crippen molar-refractivity contribution in [2.75, 3.05) is 6.61 Å². The van der Waals surface area contributed by atoms with Gasteiger partial charge in [0.2, 0.25) is 0 Å². The molecular formula is C14H10Cl2O2S. The average molecular weight is 313 g/mol. The first kappa shape index (κ1) is 13.0. The Labute approximate surface area is 124 Å². The van der Waals surface area contributed by atoms with E-state index >= 15 is 0 Å². The van der Waals surface area contributed by atoms with Gasteiger partial charge >= 0.3 is 0 Å². The van der Waals surface area contributed by atoms with Crippen molar-refractivity contribution in [2.45, 2.75) is 12.3 Å². The number of Topliss-reactive ketones (excluding diaryl/α,β-unsaturated/α-hetero) is 1. The maximum Gasteiger partial charge on any atom is 0.172 e. The zero-order chi connectivity index (χ0) is 13.4. The molecule has 0 saturated carbocycles. The zero-order valence-electron chi connectivity index (χ0n) is 9.86. The summed E-state index contributed by atoms with van der Waals surface area (Å²) in [6, 6.07) is 9.28. The lowest BCUT2D eigenvalue weighted by molar-refractivity contribution is 0.0933. The first-order valence-corrected chi connectivity index (χ1v) is 7.45. The number of para-hydroxylation sites is 1. The predicted octanol–water partition coefficient (Wildman–Crippen LogP) is 4.80. The van der Waals surface area contributed by atoms with Crippen molar-refractivity contribution in [3.63, 3.8) is 0 Å². The van der Waals surface area contributed by atoms with Crippen LogP contribution in [0.2, 0.25) is 8.67 Å². The lowest BCUT2D eigenvalue weighted by atomic mass is 9.87. The fourth-order valence-electron chi connectivity index (χ4n) is 2.31. The Morgan fingerprint density at radius 1 is 1.32 bits per heavy atom. The molecule has 2 nitrogen and oxygen atoms in total. The number of ether oxygens (including phenoxy) is 1. The van der Waals surface area contributed by atoms with Crippen LogP contribution in [0.4, 0.5) is 0 Å². The highest BCUT2D eigenvalue weighted by atomic mass is 35.5. The van der Waals surface area contributed by atoms with Gasteiger partial charge in [-0.1, -0.05) is 41.4 Å². The predicted molar refractivity (Wildman–Crippen MR) is 78.0 cm³/mol. The smallest absolute Gasteiger partial charge is 0.172 e. The molecule has 19 heavy (non-hydrogen) atoms. The van der Waals surface area contributed by atoms with E-state index in [1.807, 2.05) is 24.3 Å². The molecular weight excluding hydrogens is 303 g/mol. The second kappa shape index (κ2) is 5.16. The quantitative estimate of drug-likeness (QED) is 0.744. The third-order valence-electron chi connectivity index (χ3n) is 3.20. The van der Waals surface area contributed by atoms with Crippen molar-refractivity contribution in [1.82, 2.24) is 0 Å². The van der Waals surface area contributed by atoms with Crippen LogP contribution in [0.5, 0.6) is 5.75 Å². The number of carbonyl (C=O) groups is 1. The van der Waals surface area contributed by atoms with Gasteiger partial charge in [-0.25, -0.2) is 0 Å². The molecule has 5 heteroatoms. The van der Waals surface area contributed by atoms with Gasteiger partial charge in [-0.3, -0.25) is 4.79 Å². The van der Waals surface area contributed by atoms with E-state index in [0.717, 1.165) is 11.3 Å². The number of benzene rings is 1. The van der Waals surface area contributed by atoms with Crippen molar-refractivity contribution in [3.05, 3.63) is 50.1 Å². The maximum atomic E-state index is 12.6. The van der Waals surface area contributed by atoms with Gasteiger partial charge in [0.05, 0.1) is 16.9 Å². The molecule has 1 aliphatic heterocycles. The molecule has 1 aliphatic rings. The Kier molecular flexibility index (Phi) is 3.52. The molecule has 1 aromatic heterocycles. The largest absolute Gasteiger partial charge is 0.493 e. The van der Waals surface area contributed by atoms with Crippen LogP contribution >= 0.6 is 34.5 Å². The van der Waals surface area contributed by atoms with Gasteiger partial charge < -0.3 is 4.74 Å². The van der Waals surface area contributed by atoms with Crippen molar-refractivity contribution in [3.8, 4) is 5.75 Å². The molecule has 0 spiro atoms. The summed E-state index contributed by atoms with van der Waals surface area (Å²) < 4.78 is 6.56. The van der Waals surface area contributed by atoms with Gasteiger partial charge in [0, 0.05) is 11.1 Å². The van der Waals surface area contributed by atoms with Crippen molar-refractivity contribution < 1.29 is 9.53 Å². The van der Waals surface area contributed by atoms with E-state index in [4.69, 9.17) is 27.9 Å². The van der Waals surface area contributed by atoms with Crippen LogP contribution in [0.1, 0.15) is 28.3 Å². The van der Waals surface area contributed by atoms with E-state index in [1.54, 1.807) is 6.07 Å². The fraction of sp³-hybridized carbons (Fsp3) is 0.214. The van der Waals surface area contributed by atoms with Crippen LogP contribution in [0.3, 0.4) is 0 Å². The third-order valence-corrected chi connectivity index (χ3v) is 4.68. The first-order chi connectivity index (χ1) is 9.16. The summed E-state index contributed by atoms with van der Waals surface area (Å²) in [7, 11) is 0. The summed E-state index contributed by atoms with van der Waals surface area (Å²) >= 11 is 13.2. The Morgan fingerprint density at radius 3 is 2.84 bits per heavy atom. The Bertz CT molecular complexity index is 636. The molecule has 0 saturated heterocycles. The summed E-state index contributed by atoms with van der Waals surface area (Å²) in [6.45, 7) is 0.545. The number of thiophene rings is 1. The normalized spacial score (nSPS) is 17.7. The van der Waals surface area contributed by atoms with Crippen molar-refractivity contribution in [2.24, 2.45) is 0 Å². The minimum Gasteiger partial charge on any atom is -0.493 e. The van der Waals surface area contributed by atoms with Gasteiger partial charge in [-0.2, -0.15) is 0 Å². The first-order valence-electron chi connectivity index (χ1n) is 5.87. The maximum absolute atomic E-state index is 12.6. The third kappa shape index (κ3) is 2.38. The zero-order valence-corrected chi connectivity index (χ0v) is 12.2. The van der Waals surface area contributed by atoms with Gasteiger partial charge in [0.1, 0.15) is 10.1 Å². The second-order valence-corrected chi connectivity index (χ2v) is 6.62. The topological polar surface area (TPSA) is 26.3 Å². The summed E-state index contributed by atoms with van der Waals surface area (Å²) in [5.74, 6) is 0.599. The van der Waals surface area contributed by atoms with Crippen LogP contribution < -0.4 is 4.74 Å². The van der Waals surface area contributed by atoms with Gasteiger partial charge in [0.15, 0.2) is 5.78 Å². The van der Waals surface area contributed by atoms with E-state index in [2.05, 4.69) is 0 Å². The number of rotatable bonds is 2.